The zero-order valence-electron chi connectivity index (χ0n) is 29.1. The van der Waals surface area contributed by atoms with E-state index in [1.54, 1.807) is 49.9 Å². The van der Waals surface area contributed by atoms with Gasteiger partial charge in [0.25, 0.3) is 0 Å². The van der Waals surface area contributed by atoms with Gasteiger partial charge in [0, 0.05) is 42.7 Å². The molecule has 0 aromatic heterocycles. The molecule has 1 fully saturated rings. The Morgan fingerprint density at radius 3 is 0.605 bits per heavy atom. The summed E-state index contributed by atoms with van der Waals surface area (Å²) in [7, 11) is -7.66. The van der Waals surface area contributed by atoms with Crippen molar-refractivity contribution < 1.29 is 0 Å². The van der Waals surface area contributed by atoms with Crippen LogP contribution in [0.3, 0.4) is 0 Å². The minimum Gasteiger partial charge on any atom is -0.0735 e. The molecular weight excluding hydrogens is 553 g/mol. The Hall–Kier alpha value is 1.30. The van der Waals surface area contributed by atoms with Gasteiger partial charge >= 0.3 is 0 Å². The molecule has 0 spiro atoms. The molecule has 1 heterocycles. The smallest absolute Gasteiger partial charge is 0.0367 e. The highest BCUT2D eigenvalue weighted by atomic mass is 30.2. The molecule has 0 amide bonds. The Morgan fingerprint density at radius 2 is 0.447 bits per heavy atom. The molecule has 0 radical (unpaired) electrons. The van der Waals surface area contributed by atoms with Crippen LogP contribution < -0.4 is 0 Å². The Morgan fingerprint density at radius 1 is 0.263 bits per heavy atom. The van der Waals surface area contributed by atoms with Crippen LogP contribution in [0.5, 0.6) is 0 Å². The van der Waals surface area contributed by atoms with Gasteiger partial charge in [-0.3, -0.25) is 0 Å². The SMILES string of the molecule is CCCCCC[Si]1(CCCCCC)[Si](C)(C)[Si](C)(C)[Si](CCCCCC)(CCCCCC)[Si](C)(C)[Si]1(C)C. The van der Waals surface area contributed by atoms with Crippen molar-refractivity contribution in [2.45, 2.75) is 207 Å². The van der Waals surface area contributed by atoms with Crippen molar-refractivity contribution in [2.24, 2.45) is 0 Å². The summed E-state index contributed by atoms with van der Waals surface area (Å²) in [5, 5.41) is 0. The first-order valence-corrected chi connectivity index (χ1v) is 40.6. The predicted molar refractivity (Wildman–Crippen MR) is 197 cm³/mol. The Labute approximate surface area is 248 Å². The summed E-state index contributed by atoms with van der Waals surface area (Å²) in [6, 6.07) is 7.11. The summed E-state index contributed by atoms with van der Waals surface area (Å²) < 4.78 is 0. The van der Waals surface area contributed by atoms with Gasteiger partial charge in [0.05, 0.1) is 0 Å². The van der Waals surface area contributed by atoms with E-state index in [-0.39, 0.29) is 0 Å². The first-order chi connectivity index (χ1) is 17.7. The van der Waals surface area contributed by atoms with E-state index in [1.165, 1.54) is 77.0 Å². The van der Waals surface area contributed by atoms with Gasteiger partial charge in [-0.05, 0) is 0 Å². The molecule has 0 aromatic rings. The minimum absolute atomic E-state index is 1.27. The average molecular weight is 629 g/mol. The van der Waals surface area contributed by atoms with Gasteiger partial charge in [0.15, 0.2) is 0 Å². The average Bonchev–Trinajstić information content (AvgIpc) is 2.85. The van der Waals surface area contributed by atoms with Crippen LogP contribution in [0.4, 0.5) is 0 Å². The van der Waals surface area contributed by atoms with Crippen LogP contribution in [0.25, 0.3) is 0 Å². The molecule has 1 saturated heterocycles. The van der Waals surface area contributed by atoms with Crippen LogP contribution in [0.2, 0.25) is 76.6 Å². The highest BCUT2D eigenvalue weighted by Gasteiger charge is 2.79. The zero-order valence-corrected chi connectivity index (χ0v) is 35.1. The van der Waals surface area contributed by atoms with Gasteiger partial charge in [0.2, 0.25) is 0 Å². The van der Waals surface area contributed by atoms with E-state index in [4.69, 9.17) is 0 Å². The van der Waals surface area contributed by atoms with Crippen LogP contribution in [-0.4, -0.2) is 42.7 Å². The van der Waals surface area contributed by atoms with E-state index in [2.05, 4.69) is 80.1 Å². The Bertz CT molecular complexity index is 542. The zero-order chi connectivity index (χ0) is 29.1. The van der Waals surface area contributed by atoms with Gasteiger partial charge in [-0.15, -0.1) is 0 Å². The molecule has 0 atom stereocenters. The first kappa shape index (κ1) is 37.3. The van der Waals surface area contributed by atoms with Crippen molar-refractivity contribution >= 4 is 42.7 Å². The third-order valence-electron chi connectivity index (χ3n) is 13.7. The van der Waals surface area contributed by atoms with E-state index in [9.17, 15) is 0 Å². The second-order valence-corrected chi connectivity index (χ2v) is 85.7. The fourth-order valence-electron chi connectivity index (χ4n) is 10.1. The van der Waals surface area contributed by atoms with E-state index >= 15 is 0 Å². The summed E-state index contributed by atoms with van der Waals surface area (Å²) in [4.78, 5) is 0. The maximum absolute atomic E-state index is 3.11. The summed E-state index contributed by atoms with van der Waals surface area (Å²) in [6.45, 7) is 34.6. The third kappa shape index (κ3) is 7.08. The quantitative estimate of drug-likeness (QED) is 0.0929. The molecule has 0 aromatic carbocycles. The van der Waals surface area contributed by atoms with Crippen molar-refractivity contribution in [1.82, 2.24) is 0 Å². The molecule has 1 aliphatic heterocycles. The first-order valence-electron chi connectivity index (χ1n) is 17.7. The van der Waals surface area contributed by atoms with E-state index in [1.807, 2.05) is 0 Å². The van der Waals surface area contributed by atoms with E-state index < -0.39 is 42.7 Å². The van der Waals surface area contributed by atoms with Crippen LogP contribution in [0.1, 0.15) is 130 Å². The normalized spacial score (nSPS) is 22.4. The molecule has 228 valence electrons. The second-order valence-electron chi connectivity index (χ2n) is 15.9. The van der Waals surface area contributed by atoms with Gasteiger partial charge in [-0.2, -0.15) is 0 Å². The largest absolute Gasteiger partial charge is 0.0735 e. The summed E-state index contributed by atoms with van der Waals surface area (Å²) in [5.41, 5.74) is 0. The van der Waals surface area contributed by atoms with Crippen molar-refractivity contribution in [3.05, 3.63) is 0 Å². The lowest BCUT2D eigenvalue weighted by atomic mass is 10.2. The molecule has 0 bridgehead atoms. The third-order valence-corrected chi connectivity index (χ3v) is 164. The molecule has 6 heteroatoms. The number of hydrogen-bond acceptors (Lipinski definition) is 0. The maximum Gasteiger partial charge on any atom is 0.0367 e. The topological polar surface area (TPSA) is 0 Å². The molecule has 0 N–H and O–H groups in total. The maximum atomic E-state index is 3.11. The van der Waals surface area contributed by atoms with Crippen LogP contribution in [-0.2, 0) is 0 Å². The van der Waals surface area contributed by atoms with Crippen molar-refractivity contribution in [3.8, 4) is 0 Å². The van der Waals surface area contributed by atoms with Crippen molar-refractivity contribution in [1.29, 1.82) is 0 Å². The lowest BCUT2D eigenvalue weighted by Crippen LogP contribution is -3.02. The standard InChI is InChI=1S/C32H76Si6/c1-13-17-21-25-29-37(30-26-22-18-14-2)33(5,6)35(9,10)38(31-27-23-19-15-3,32-28-24-20-16-4)36(11,12)34(37,7)8/h13-32H2,1-12H3. The Balaban J connectivity index is 3.72. The van der Waals surface area contributed by atoms with E-state index in [0.29, 0.717) is 0 Å². The minimum atomic E-state index is -1.28. The molecule has 0 saturated carbocycles. The Kier molecular flexibility index (Phi) is 15.9. The van der Waals surface area contributed by atoms with Crippen molar-refractivity contribution in [3.63, 3.8) is 0 Å². The monoisotopic (exact) mass is 628 g/mol. The number of unbranched alkanes of at least 4 members (excludes halogenated alkanes) is 12. The molecule has 0 nitrogen and oxygen atoms in total. The van der Waals surface area contributed by atoms with E-state index in [0.717, 1.165) is 0 Å². The summed E-state index contributed by atoms with van der Waals surface area (Å²) in [5.74, 6) is 0. The van der Waals surface area contributed by atoms with Crippen molar-refractivity contribution in [2.75, 3.05) is 0 Å². The van der Waals surface area contributed by atoms with Crippen LogP contribution in [0.15, 0.2) is 0 Å². The second kappa shape index (κ2) is 16.2. The fourth-order valence-corrected chi connectivity index (χ4v) is 264. The predicted octanol–water partition coefficient (Wildman–Crippen LogP) is 12.5. The summed E-state index contributed by atoms with van der Waals surface area (Å²) >= 11 is 0. The lowest BCUT2D eigenvalue weighted by Gasteiger charge is -2.76. The van der Waals surface area contributed by atoms with Gasteiger partial charge in [-0.25, -0.2) is 0 Å². The fraction of sp³-hybridized carbons (Fsp3) is 1.00. The number of rotatable bonds is 20. The molecule has 1 aliphatic rings. The van der Waals surface area contributed by atoms with Gasteiger partial charge in [-0.1, -0.05) is 207 Å². The number of hydrogen-bond donors (Lipinski definition) is 0. The molecule has 38 heavy (non-hydrogen) atoms. The highest BCUT2D eigenvalue weighted by molar-refractivity contribution is 8.13. The van der Waals surface area contributed by atoms with Gasteiger partial charge < -0.3 is 0 Å². The lowest BCUT2D eigenvalue weighted by molar-refractivity contribution is 0.685. The van der Waals surface area contributed by atoms with Crippen LogP contribution in [0, 0.1) is 0 Å². The van der Waals surface area contributed by atoms with Crippen LogP contribution >= 0.6 is 0 Å². The van der Waals surface area contributed by atoms with Gasteiger partial charge in [0.1, 0.15) is 0 Å². The molecule has 1 rings (SSSR count). The molecular formula is C32H76Si6. The molecule has 0 unspecified atom stereocenters. The summed E-state index contributed by atoms with van der Waals surface area (Å²) in [6.07, 6.45) is 24.1. The highest BCUT2D eigenvalue weighted by Crippen LogP contribution is 2.58. The molecule has 0 aliphatic carbocycles.